The highest BCUT2D eigenvalue weighted by Crippen LogP contribution is 2.22. The Hall–Kier alpha value is -0.960. The summed E-state index contributed by atoms with van der Waals surface area (Å²) < 4.78 is 1.03. The Morgan fingerprint density at radius 2 is 2.17 bits per heavy atom. The van der Waals surface area contributed by atoms with Crippen LogP contribution in [-0.2, 0) is 0 Å². The third-order valence-electron chi connectivity index (χ3n) is 1.70. The van der Waals surface area contributed by atoms with Gasteiger partial charge in [-0.05, 0) is 40.5 Å². The molecule has 12 heavy (non-hydrogen) atoms. The lowest BCUT2D eigenvalue weighted by Gasteiger charge is -1.99. The molecule has 1 aromatic heterocycles. The molecule has 2 aromatic rings. The van der Waals surface area contributed by atoms with Crippen LogP contribution in [0.1, 0.15) is 5.56 Å². The van der Waals surface area contributed by atoms with Gasteiger partial charge in [0.2, 0.25) is 0 Å². The van der Waals surface area contributed by atoms with Crippen molar-refractivity contribution >= 4 is 26.8 Å². The van der Waals surface area contributed by atoms with E-state index in [1.165, 1.54) is 5.56 Å². The Morgan fingerprint density at radius 1 is 1.33 bits per heavy atom. The summed E-state index contributed by atoms with van der Waals surface area (Å²) in [6, 6.07) is 4.12. The van der Waals surface area contributed by atoms with Crippen LogP contribution in [0.4, 0.5) is 0 Å². The van der Waals surface area contributed by atoms with Crippen LogP contribution in [0.3, 0.4) is 0 Å². The van der Waals surface area contributed by atoms with Gasteiger partial charge >= 0.3 is 0 Å². The zero-order valence-electron chi connectivity index (χ0n) is 6.58. The van der Waals surface area contributed by atoms with Crippen LogP contribution >= 0.6 is 15.9 Å². The van der Waals surface area contributed by atoms with Gasteiger partial charge in [0.25, 0.3) is 0 Å². The molecule has 2 rings (SSSR count). The van der Waals surface area contributed by atoms with Gasteiger partial charge in [0, 0.05) is 16.1 Å². The van der Waals surface area contributed by atoms with E-state index < -0.39 is 0 Å². The first-order valence-corrected chi connectivity index (χ1v) is 4.42. The molecule has 0 radical (unpaired) electrons. The summed E-state index contributed by atoms with van der Waals surface area (Å²) in [5.41, 5.74) is 2.18. The molecule has 0 aliphatic rings. The van der Waals surface area contributed by atoms with Gasteiger partial charge in [-0.15, -0.1) is 0 Å². The first-order valence-electron chi connectivity index (χ1n) is 3.63. The minimum absolute atomic E-state index is 0.968. The number of fused-ring (bicyclic) bond motifs is 1. The third-order valence-corrected chi connectivity index (χ3v) is 2.31. The van der Waals surface area contributed by atoms with Crippen molar-refractivity contribution in [2.45, 2.75) is 6.92 Å². The summed E-state index contributed by atoms with van der Waals surface area (Å²) in [5, 5.41) is 1.07. The van der Waals surface area contributed by atoms with Gasteiger partial charge in [0.15, 0.2) is 0 Å². The fraction of sp³-hybridized carbons (Fsp3) is 0.111. The van der Waals surface area contributed by atoms with E-state index in [9.17, 15) is 0 Å². The van der Waals surface area contributed by atoms with Crippen molar-refractivity contribution in [1.82, 2.24) is 9.97 Å². The monoisotopic (exact) mass is 222 g/mol. The first kappa shape index (κ1) is 7.68. The van der Waals surface area contributed by atoms with Gasteiger partial charge in [-0.3, -0.25) is 0 Å². The smallest absolute Gasteiger partial charge is 0.116 e. The molecule has 2 nitrogen and oxygen atoms in total. The maximum atomic E-state index is 4.16. The van der Waals surface area contributed by atoms with E-state index in [4.69, 9.17) is 0 Å². The molecular weight excluding hydrogens is 216 g/mol. The van der Waals surface area contributed by atoms with Gasteiger partial charge in [0.1, 0.15) is 6.33 Å². The maximum absolute atomic E-state index is 4.16. The molecule has 0 bridgehead atoms. The van der Waals surface area contributed by atoms with Crippen LogP contribution < -0.4 is 0 Å². The van der Waals surface area contributed by atoms with Gasteiger partial charge < -0.3 is 0 Å². The van der Waals surface area contributed by atoms with Crippen LogP contribution in [0.15, 0.2) is 29.1 Å². The van der Waals surface area contributed by atoms with Crippen LogP contribution in [0.25, 0.3) is 10.9 Å². The summed E-state index contributed by atoms with van der Waals surface area (Å²) >= 11 is 3.46. The predicted octanol–water partition coefficient (Wildman–Crippen LogP) is 2.70. The predicted molar refractivity (Wildman–Crippen MR) is 52.0 cm³/mol. The Kier molecular flexibility index (Phi) is 1.81. The first-order chi connectivity index (χ1) is 5.77. The number of halogens is 1. The standard InChI is InChI=1S/C9H7BrN2/c1-6-2-7-4-11-5-12-9(7)8(10)3-6/h2-5H,1H3. The number of hydrogen-bond acceptors (Lipinski definition) is 2. The molecule has 0 aliphatic carbocycles. The normalized spacial score (nSPS) is 10.5. The summed E-state index contributed by atoms with van der Waals surface area (Å²) in [5.74, 6) is 0. The molecule has 0 fully saturated rings. The molecule has 0 aliphatic heterocycles. The van der Waals surface area contributed by atoms with Crippen LogP contribution in [-0.4, -0.2) is 9.97 Å². The number of rotatable bonds is 0. The molecule has 60 valence electrons. The van der Waals surface area contributed by atoms with E-state index in [2.05, 4.69) is 45.0 Å². The van der Waals surface area contributed by atoms with Gasteiger partial charge in [-0.2, -0.15) is 0 Å². The largest absolute Gasteiger partial charge is 0.244 e. The van der Waals surface area contributed by atoms with Crippen LogP contribution in [0.5, 0.6) is 0 Å². The average Bonchev–Trinajstić information content (AvgIpc) is 2.04. The third kappa shape index (κ3) is 1.20. The number of nitrogens with zero attached hydrogens (tertiary/aromatic N) is 2. The number of benzene rings is 1. The van der Waals surface area contributed by atoms with E-state index in [-0.39, 0.29) is 0 Å². The highest BCUT2D eigenvalue weighted by Gasteiger charge is 1.99. The molecule has 3 heteroatoms. The van der Waals surface area contributed by atoms with Crippen molar-refractivity contribution in [1.29, 1.82) is 0 Å². The van der Waals surface area contributed by atoms with Crippen molar-refractivity contribution in [2.75, 3.05) is 0 Å². The van der Waals surface area contributed by atoms with E-state index in [0.29, 0.717) is 0 Å². The second-order valence-electron chi connectivity index (χ2n) is 2.71. The molecule has 0 spiro atoms. The zero-order valence-corrected chi connectivity index (χ0v) is 8.17. The zero-order chi connectivity index (χ0) is 8.55. The minimum Gasteiger partial charge on any atom is -0.244 e. The fourth-order valence-corrected chi connectivity index (χ4v) is 1.89. The van der Waals surface area contributed by atoms with Crippen molar-refractivity contribution in [3.8, 4) is 0 Å². The summed E-state index contributed by atoms with van der Waals surface area (Å²) in [6.45, 7) is 2.05. The fourth-order valence-electron chi connectivity index (χ4n) is 1.20. The summed E-state index contributed by atoms with van der Waals surface area (Å²) in [4.78, 5) is 8.13. The second kappa shape index (κ2) is 2.83. The van der Waals surface area contributed by atoms with Crippen LogP contribution in [0, 0.1) is 6.92 Å². The molecule has 0 saturated heterocycles. The Bertz CT molecular complexity index is 426. The van der Waals surface area contributed by atoms with E-state index in [1.54, 1.807) is 6.33 Å². The van der Waals surface area contributed by atoms with Crippen molar-refractivity contribution in [2.24, 2.45) is 0 Å². The summed E-state index contributed by atoms with van der Waals surface area (Å²) in [7, 11) is 0. The SMILES string of the molecule is Cc1cc(Br)c2ncncc2c1. The number of hydrogen-bond donors (Lipinski definition) is 0. The number of aromatic nitrogens is 2. The second-order valence-corrected chi connectivity index (χ2v) is 3.56. The van der Waals surface area contributed by atoms with Gasteiger partial charge in [-0.1, -0.05) is 0 Å². The molecule has 1 aromatic carbocycles. The van der Waals surface area contributed by atoms with Gasteiger partial charge in [-0.25, -0.2) is 9.97 Å². The van der Waals surface area contributed by atoms with Crippen molar-refractivity contribution in [3.05, 3.63) is 34.7 Å². The lowest BCUT2D eigenvalue weighted by Crippen LogP contribution is -1.83. The van der Waals surface area contributed by atoms with Crippen molar-refractivity contribution < 1.29 is 0 Å². The molecule has 0 unspecified atom stereocenters. The lowest BCUT2D eigenvalue weighted by molar-refractivity contribution is 1.21. The molecule has 0 N–H and O–H groups in total. The summed E-state index contributed by atoms with van der Waals surface area (Å²) in [6.07, 6.45) is 3.38. The van der Waals surface area contributed by atoms with E-state index in [0.717, 1.165) is 15.4 Å². The highest BCUT2D eigenvalue weighted by atomic mass is 79.9. The topological polar surface area (TPSA) is 25.8 Å². The van der Waals surface area contributed by atoms with Crippen molar-refractivity contribution in [3.63, 3.8) is 0 Å². The van der Waals surface area contributed by atoms with Crippen LogP contribution in [0.2, 0.25) is 0 Å². The molecule has 0 amide bonds. The van der Waals surface area contributed by atoms with Gasteiger partial charge in [0.05, 0.1) is 5.52 Å². The quantitative estimate of drug-likeness (QED) is 0.686. The molecule has 0 atom stereocenters. The Morgan fingerprint density at radius 3 is 3.00 bits per heavy atom. The Balaban J connectivity index is 2.89. The lowest BCUT2D eigenvalue weighted by atomic mass is 10.2. The molecule has 1 heterocycles. The molecule has 0 saturated carbocycles. The maximum Gasteiger partial charge on any atom is 0.116 e. The number of aryl methyl sites for hydroxylation is 1. The highest BCUT2D eigenvalue weighted by molar-refractivity contribution is 9.10. The minimum atomic E-state index is 0.968. The average molecular weight is 223 g/mol. The van der Waals surface area contributed by atoms with E-state index >= 15 is 0 Å². The molecular formula is C9H7BrN2. The van der Waals surface area contributed by atoms with E-state index in [1.807, 2.05) is 6.20 Å². The Labute approximate surface area is 78.8 Å².